The SMILES string of the molecule is COc1ccc(-n2c(=O)cc(C(=O)O)[nH]c2=O)c(OC)c1. The second-order valence-electron chi connectivity index (χ2n) is 4.00. The second kappa shape index (κ2) is 5.53. The van der Waals surface area contributed by atoms with E-state index in [2.05, 4.69) is 4.98 Å². The maximum absolute atomic E-state index is 12.0. The van der Waals surface area contributed by atoms with Crippen LogP contribution in [-0.4, -0.2) is 34.8 Å². The van der Waals surface area contributed by atoms with Crippen molar-refractivity contribution in [2.75, 3.05) is 14.2 Å². The lowest BCUT2D eigenvalue weighted by Gasteiger charge is -2.11. The molecule has 0 bridgehead atoms. The van der Waals surface area contributed by atoms with E-state index < -0.39 is 22.9 Å². The van der Waals surface area contributed by atoms with E-state index in [1.54, 1.807) is 6.07 Å². The van der Waals surface area contributed by atoms with Gasteiger partial charge < -0.3 is 19.6 Å². The standard InChI is InChI=1S/C13H12N2O6/c1-20-7-3-4-9(10(5-7)21-2)15-11(16)6-8(12(17)18)14-13(15)19/h3-6H,1-2H3,(H,14,19)(H,17,18). The lowest BCUT2D eigenvalue weighted by molar-refractivity contribution is 0.0689. The lowest BCUT2D eigenvalue weighted by atomic mass is 10.2. The molecule has 1 heterocycles. The van der Waals surface area contributed by atoms with E-state index in [1.807, 2.05) is 0 Å². The van der Waals surface area contributed by atoms with Gasteiger partial charge in [0.2, 0.25) is 0 Å². The minimum absolute atomic E-state index is 0.182. The van der Waals surface area contributed by atoms with Crippen molar-refractivity contribution in [3.8, 4) is 17.2 Å². The molecule has 0 atom stereocenters. The molecule has 0 aliphatic carbocycles. The average Bonchev–Trinajstić information content (AvgIpc) is 2.46. The summed E-state index contributed by atoms with van der Waals surface area (Å²) < 4.78 is 10.9. The molecule has 8 heteroatoms. The molecule has 110 valence electrons. The number of carboxylic acid groups (broad SMARTS) is 1. The van der Waals surface area contributed by atoms with Crippen LogP contribution in [0.1, 0.15) is 10.5 Å². The first-order valence-corrected chi connectivity index (χ1v) is 5.80. The number of nitrogens with zero attached hydrogens (tertiary/aromatic N) is 1. The van der Waals surface area contributed by atoms with Gasteiger partial charge in [0.05, 0.1) is 19.9 Å². The van der Waals surface area contributed by atoms with E-state index in [0.29, 0.717) is 5.75 Å². The summed E-state index contributed by atoms with van der Waals surface area (Å²) in [6, 6.07) is 5.35. The first-order valence-electron chi connectivity index (χ1n) is 5.80. The molecule has 0 spiro atoms. The Morgan fingerprint density at radius 3 is 2.43 bits per heavy atom. The molecule has 1 aromatic heterocycles. The van der Waals surface area contributed by atoms with E-state index >= 15 is 0 Å². The molecule has 0 radical (unpaired) electrons. The van der Waals surface area contributed by atoms with Gasteiger partial charge in [-0.3, -0.25) is 4.79 Å². The molecule has 21 heavy (non-hydrogen) atoms. The fraction of sp³-hybridized carbons (Fsp3) is 0.154. The number of methoxy groups -OCH3 is 2. The molecule has 0 saturated heterocycles. The topological polar surface area (TPSA) is 111 Å². The van der Waals surface area contributed by atoms with Crippen molar-refractivity contribution in [3.63, 3.8) is 0 Å². The van der Waals surface area contributed by atoms with Crippen molar-refractivity contribution >= 4 is 5.97 Å². The largest absolute Gasteiger partial charge is 0.497 e. The van der Waals surface area contributed by atoms with Gasteiger partial charge in [0.1, 0.15) is 17.2 Å². The number of hydrogen-bond donors (Lipinski definition) is 2. The number of carboxylic acids is 1. The molecular formula is C13H12N2O6. The monoisotopic (exact) mass is 292 g/mol. The van der Waals surface area contributed by atoms with E-state index in [-0.39, 0.29) is 11.4 Å². The molecule has 1 aromatic carbocycles. The van der Waals surface area contributed by atoms with Crippen LogP contribution in [0.25, 0.3) is 5.69 Å². The van der Waals surface area contributed by atoms with Crippen LogP contribution < -0.4 is 20.7 Å². The Bertz CT molecular complexity index is 774. The summed E-state index contributed by atoms with van der Waals surface area (Å²) in [5.41, 5.74) is -1.95. The van der Waals surface area contributed by atoms with Crippen LogP contribution in [-0.2, 0) is 0 Å². The van der Waals surface area contributed by atoms with E-state index in [0.717, 1.165) is 10.6 Å². The number of aromatic amines is 1. The van der Waals surface area contributed by atoms with Crippen LogP contribution in [0.2, 0.25) is 0 Å². The van der Waals surface area contributed by atoms with Gasteiger partial charge in [0.15, 0.2) is 0 Å². The molecule has 8 nitrogen and oxygen atoms in total. The third kappa shape index (κ3) is 2.64. The van der Waals surface area contributed by atoms with Crippen molar-refractivity contribution in [2.45, 2.75) is 0 Å². The molecule has 0 aliphatic rings. The van der Waals surface area contributed by atoms with Gasteiger partial charge in [0, 0.05) is 12.1 Å². The van der Waals surface area contributed by atoms with Crippen molar-refractivity contribution < 1.29 is 19.4 Å². The molecule has 0 saturated carbocycles. The highest BCUT2D eigenvalue weighted by molar-refractivity contribution is 5.85. The van der Waals surface area contributed by atoms with Gasteiger partial charge in [-0.05, 0) is 12.1 Å². The van der Waals surface area contributed by atoms with Gasteiger partial charge in [-0.2, -0.15) is 0 Å². The number of nitrogens with one attached hydrogen (secondary N) is 1. The number of ether oxygens (including phenoxy) is 2. The summed E-state index contributed by atoms with van der Waals surface area (Å²) in [7, 11) is 2.85. The number of hydrogen-bond acceptors (Lipinski definition) is 5. The van der Waals surface area contributed by atoms with Gasteiger partial charge in [-0.25, -0.2) is 14.2 Å². The smallest absolute Gasteiger partial charge is 0.352 e. The van der Waals surface area contributed by atoms with Crippen molar-refractivity contribution in [1.82, 2.24) is 9.55 Å². The average molecular weight is 292 g/mol. The van der Waals surface area contributed by atoms with E-state index in [1.165, 1.54) is 26.4 Å². The Hall–Kier alpha value is -3.03. The highest BCUT2D eigenvalue weighted by Crippen LogP contribution is 2.26. The second-order valence-corrected chi connectivity index (χ2v) is 4.00. The molecular weight excluding hydrogens is 280 g/mol. The van der Waals surface area contributed by atoms with E-state index in [9.17, 15) is 14.4 Å². The molecule has 2 rings (SSSR count). The first kappa shape index (κ1) is 14.4. The van der Waals surface area contributed by atoms with Crippen molar-refractivity contribution in [1.29, 1.82) is 0 Å². The zero-order chi connectivity index (χ0) is 15.6. The van der Waals surface area contributed by atoms with Crippen molar-refractivity contribution in [3.05, 3.63) is 50.8 Å². The molecule has 0 unspecified atom stereocenters. The quantitative estimate of drug-likeness (QED) is 0.835. The van der Waals surface area contributed by atoms with E-state index in [4.69, 9.17) is 14.6 Å². The maximum atomic E-state index is 12.0. The number of benzene rings is 1. The Labute approximate surface area is 118 Å². The summed E-state index contributed by atoms with van der Waals surface area (Å²) in [6.45, 7) is 0. The fourth-order valence-corrected chi connectivity index (χ4v) is 1.81. The third-order valence-corrected chi connectivity index (χ3v) is 2.79. The number of rotatable bonds is 4. The minimum atomic E-state index is -1.39. The summed E-state index contributed by atoms with van der Waals surface area (Å²) >= 11 is 0. The predicted octanol–water partition coefficient (Wildman–Crippen LogP) is 0.241. The molecule has 2 aromatic rings. The van der Waals surface area contributed by atoms with Gasteiger partial charge in [-0.15, -0.1) is 0 Å². The normalized spacial score (nSPS) is 10.2. The van der Waals surface area contributed by atoms with Crippen LogP contribution in [0.4, 0.5) is 0 Å². The summed E-state index contributed by atoms with van der Waals surface area (Å²) in [6.07, 6.45) is 0. The zero-order valence-electron chi connectivity index (χ0n) is 11.2. The molecule has 0 aliphatic heterocycles. The Morgan fingerprint density at radius 2 is 1.90 bits per heavy atom. The lowest BCUT2D eigenvalue weighted by Crippen LogP contribution is -2.35. The minimum Gasteiger partial charge on any atom is -0.497 e. The van der Waals surface area contributed by atoms with Crippen LogP contribution in [0.3, 0.4) is 0 Å². The number of aromatic nitrogens is 2. The summed E-state index contributed by atoms with van der Waals surface area (Å²) in [5, 5.41) is 8.80. The van der Waals surface area contributed by atoms with Crippen LogP contribution in [0.15, 0.2) is 33.9 Å². The summed E-state index contributed by atoms with van der Waals surface area (Å²) in [5.74, 6) is -0.662. The van der Waals surface area contributed by atoms with Gasteiger partial charge >= 0.3 is 11.7 Å². The number of carbonyl (C=O) groups is 1. The molecule has 0 fully saturated rings. The van der Waals surface area contributed by atoms with Crippen LogP contribution >= 0.6 is 0 Å². The highest BCUT2D eigenvalue weighted by atomic mass is 16.5. The highest BCUT2D eigenvalue weighted by Gasteiger charge is 2.14. The van der Waals surface area contributed by atoms with Crippen molar-refractivity contribution in [2.24, 2.45) is 0 Å². The maximum Gasteiger partial charge on any atom is 0.352 e. The fourth-order valence-electron chi connectivity index (χ4n) is 1.81. The third-order valence-electron chi connectivity index (χ3n) is 2.79. The van der Waals surface area contributed by atoms with Gasteiger partial charge in [0.25, 0.3) is 5.56 Å². The van der Waals surface area contributed by atoms with Crippen LogP contribution in [0.5, 0.6) is 11.5 Å². The van der Waals surface area contributed by atoms with Gasteiger partial charge in [-0.1, -0.05) is 0 Å². The number of H-pyrrole nitrogens is 1. The first-order chi connectivity index (χ1) is 9.97. The molecule has 2 N–H and O–H groups in total. The van der Waals surface area contributed by atoms with Crippen LogP contribution in [0, 0.1) is 0 Å². The molecule has 0 amide bonds. The summed E-state index contributed by atoms with van der Waals surface area (Å²) in [4.78, 5) is 36.8. The Kier molecular flexibility index (Phi) is 3.79. The predicted molar refractivity (Wildman–Crippen MR) is 72.7 cm³/mol. The number of aromatic carboxylic acids is 1. The Balaban J connectivity index is 2.71. The Morgan fingerprint density at radius 1 is 1.19 bits per heavy atom. The zero-order valence-corrected chi connectivity index (χ0v) is 11.2.